The number of rotatable bonds is 6. The number of nitrogens with one attached hydrogen (secondary N) is 1. The average Bonchev–Trinajstić information content (AvgIpc) is 2.83. The van der Waals surface area contributed by atoms with E-state index in [4.69, 9.17) is 30.2 Å². The molecule has 0 fully saturated rings. The minimum atomic E-state index is -2.39. The summed E-state index contributed by atoms with van der Waals surface area (Å²) in [6.07, 6.45) is 1.20. The Morgan fingerprint density at radius 1 is 1.22 bits per heavy atom. The number of hydrogen-bond acceptors (Lipinski definition) is 8. The van der Waals surface area contributed by atoms with Gasteiger partial charge in [0.2, 0.25) is 5.91 Å². The maximum Gasteiger partial charge on any atom is 0.340 e. The number of amides is 1. The lowest BCUT2D eigenvalue weighted by Gasteiger charge is -2.43. The molecule has 1 aromatic rings. The van der Waals surface area contributed by atoms with Gasteiger partial charge in [-0.1, -0.05) is 39.3 Å². The highest BCUT2D eigenvalue weighted by atomic mass is 35.5. The molecule has 1 aromatic carbocycles. The van der Waals surface area contributed by atoms with Crippen LogP contribution in [0.1, 0.15) is 62.9 Å². The molecule has 8 nitrogen and oxygen atoms in total. The first-order valence-corrected chi connectivity index (χ1v) is 16.9. The van der Waals surface area contributed by atoms with Crippen LogP contribution in [0.15, 0.2) is 6.07 Å². The first-order valence-electron chi connectivity index (χ1n) is 12.5. The Morgan fingerprint density at radius 2 is 1.89 bits per heavy atom. The first kappa shape index (κ1) is 31.3. The zero-order valence-electron chi connectivity index (χ0n) is 23.1. The number of esters is 2. The van der Waals surface area contributed by atoms with Crippen LogP contribution in [0, 0.1) is 5.92 Å². The van der Waals surface area contributed by atoms with Gasteiger partial charge in [0.05, 0.1) is 31.4 Å². The zero-order valence-corrected chi connectivity index (χ0v) is 25.7. The molecule has 1 aliphatic heterocycles. The molecule has 1 heterocycles. The molecule has 1 N–H and O–H groups in total. The molecule has 208 valence electrons. The third-order valence-electron chi connectivity index (χ3n) is 7.46. The topological polar surface area (TPSA) is 100 Å². The lowest BCUT2D eigenvalue weighted by atomic mass is 9.99. The van der Waals surface area contributed by atoms with Crippen LogP contribution in [0.3, 0.4) is 0 Å². The van der Waals surface area contributed by atoms with Crippen molar-refractivity contribution >= 4 is 49.5 Å². The van der Waals surface area contributed by atoms with Crippen LogP contribution in [0.5, 0.6) is 11.5 Å². The molecular formula is C26H40ClNO7SSi. The molecule has 0 aromatic heterocycles. The van der Waals surface area contributed by atoms with Gasteiger partial charge >= 0.3 is 11.9 Å². The van der Waals surface area contributed by atoms with Crippen LogP contribution >= 0.6 is 23.4 Å². The fourth-order valence-corrected chi connectivity index (χ4v) is 7.60. The van der Waals surface area contributed by atoms with E-state index in [-0.39, 0.29) is 40.3 Å². The Hall–Kier alpha value is -1.91. The van der Waals surface area contributed by atoms with E-state index >= 15 is 0 Å². The third kappa shape index (κ3) is 7.57. The Bertz CT molecular complexity index is 1000. The number of methoxy groups -OCH3 is 2. The van der Waals surface area contributed by atoms with Crippen molar-refractivity contribution in [1.29, 1.82) is 0 Å². The number of ether oxygens (including phenoxy) is 3. The van der Waals surface area contributed by atoms with E-state index in [1.54, 1.807) is 6.07 Å². The van der Waals surface area contributed by atoms with Crippen LogP contribution in [0.25, 0.3) is 0 Å². The van der Waals surface area contributed by atoms with Crippen molar-refractivity contribution in [2.24, 2.45) is 5.92 Å². The molecule has 11 heteroatoms. The summed E-state index contributed by atoms with van der Waals surface area (Å²) in [5.74, 6) is 0.387. The number of thioether (sulfide) groups is 1. The van der Waals surface area contributed by atoms with Crippen LogP contribution in [0.4, 0.5) is 0 Å². The third-order valence-corrected chi connectivity index (χ3v) is 13.3. The van der Waals surface area contributed by atoms with E-state index in [2.05, 4.69) is 46.1 Å². The fraction of sp³-hybridized carbons (Fsp3) is 0.654. The predicted molar refractivity (Wildman–Crippen MR) is 149 cm³/mol. The Morgan fingerprint density at radius 3 is 2.49 bits per heavy atom. The Labute approximate surface area is 230 Å². The minimum Gasteiger partial charge on any atom is -0.543 e. The van der Waals surface area contributed by atoms with Crippen LogP contribution in [-0.4, -0.2) is 58.8 Å². The van der Waals surface area contributed by atoms with Gasteiger partial charge in [0, 0.05) is 29.6 Å². The minimum absolute atomic E-state index is 0.0950. The number of fused-ring (bicyclic) bond motifs is 1. The van der Waals surface area contributed by atoms with Gasteiger partial charge in [-0.15, -0.1) is 0 Å². The maximum absolute atomic E-state index is 13.3. The number of carbonyl (C=O) groups is 3. The van der Waals surface area contributed by atoms with Gasteiger partial charge in [-0.3, -0.25) is 4.79 Å². The molecule has 0 saturated carbocycles. The summed E-state index contributed by atoms with van der Waals surface area (Å²) in [6.45, 7) is 13.2. The molecule has 2 rings (SSSR count). The van der Waals surface area contributed by atoms with E-state index in [0.717, 1.165) is 0 Å². The van der Waals surface area contributed by atoms with Crippen molar-refractivity contribution in [1.82, 2.24) is 5.32 Å². The second kappa shape index (κ2) is 13.2. The number of carbonyl (C=O) groups excluding carboxylic acids is 3. The van der Waals surface area contributed by atoms with Crippen molar-refractivity contribution in [3.8, 4) is 11.5 Å². The van der Waals surface area contributed by atoms with Gasteiger partial charge in [0.1, 0.15) is 17.5 Å². The van der Waals surface area contributed by atoms with Crippen molar-refractivity contribution in [2.45, 2.75) is 76.9 Å². The second-order valence-corrected chi connectivity index (χ2v) is 16.4. The quantitative estimate of drug-likeness (QED) is 0.347. The molecule has 0 bridgehead atoms. The van der Waals surface area contributed by atoms with Gasteiger partial charge in [-0.2, -0.15) is 11.8 Å². The summed E-state index contributed by atoms with van der Waals surface area (Å²) in [4.78, 5) is 38.0. The number of cyclic esters (lactones) is 1. The smallest absolute Gasteiger partial charge is 0.340 e. The lowest BCUT2D eigenvalue weighted by Crippen LogP contribution is -2.48. The van der Waals surface area contributed by atoms with Gasteiger partial charge in [0.15, 0.2) is 0 Å². The number of benzene rings is 1. The lowest BCUT2D eigenvalue weighted by molar-refractivity contribution is -0.144. The highest BCUT2D eigenvalue weighted by Crippen LogP contribution is 2.47. The van der Waals surface area contributed by atoms with E-state index in [1.807, 2.05) is 0 Å². The summed E-state index contributed by atoms with van der Waals surface area (Å²) in [5, 5.41) is 2.82. The molecule has 0 spiro atoms. The summed E-state index contributed by atoms with van der Waals surface area (Å²) >= 11 is 8.03. The molecule has 1 aliphatic rings. The molecule has 0 aliphatic carbocycles. The largest absolute Gasteiger partial charge is 0.543 e. The molecule has 1 atom stereocenters. The van der Waals surface area contributed by atoms with Crippen LogP contribution in [0.2, 0.25) is 23.2 Å². The van der Waals surface area contributed by atoms with Gasteiger partial charge in [-0.25, -0.2) is 9.59 Å². The molecule has 0 saturated heterocycles. The van der Waals surface area contributed by atoms with E-state index in [9.17, 15) is 14.4 Å². The van der Waals surface area contributed by atoms with Crippen LogP contribution < -0.4 is 14.5 Å². The SMILES string of the molecule is COC(=O)[C@@H]1CSCc2c(O[Si](C)(C)C(C)(C)C(C)C)cc(OC)c(Cl)c2C(=O)OCCCCC(=O)N1. The van der Waals surface area contributed by atoms with Gasteiger partial charge in [-0.05, 0) is 36.9 Å². The standard InChI is InChI=1S/C26H40ClNO7SSi/c1-16(2)26(3,4)37(7,8)35-19-13-20(32-5)23(27)22-17(19)14-36-15-18(24(30)33-6)28-21(29)11-9-10-12-34-25(22)31/h13,16,18H,9-12,14-15H2,1-8H3,(H,28,29)/t18-/m0/s1. The fourth-order valence-electron chi connectivity index (χ4n) is 3.83. The van der Waals surface area contributed by atoms with E-state index in [1.165, 1.54) is 26.0 Å². The van der Waals surface area contributed by atoms with Crippen molar-refractivity contribution in [3.05, 3.63) is 22.2 Å². The summed E-state index contributed by atoms with van der Waals surface area (Å²) < 4.78 is 22.7. The second-order valence-electron chi connectivity index (χ2n) is 10.5. The van der Waals surface area contributed by atoms with Crippen molar-refractivity contribution < 1.29 is 33.0 Å². The highest BCUT2D eigenvalue weighted by molar-refractivity contribution is 7.98. The van der Waals surface area contributed by atoms with E-state index in [0.29, 0.717) is 41.6 Å². The zero-order chi connectivity index (χ0) is 28.0. The predicted octanol–water partition coefficient (Wildman–Crippen LogP) is 5.60. The van der Waals surface area contributed by atoms with Crippen LogP contribution in [-0.2, 0) is 24.8 Å². The maximum atomic E-state index is 13.3. The number of hydrogen-bond donors (Lipinski definition) is 1. The average molecular weight is 574 g/mol. The molecule has 0 radical (unpaired) electrons. The van der Waals surface area contributed by atoms with Crippen molar-refractivity contribution in [3.63, 3.8) is 0 Å². The Kier molecular flexibility index (Phi) is 11.2. The molecule has 1 amide bonds. The van der Waals surface area contributed by atoms with Gasteiger partial charge < -0.3 is 24.0 Å². The summed E-state index contributed by atoms with van der Waals surface area (Å²) in [7, 11) is 0.389. The molecule has 0 unspecified atom stereocenters. The van der Waals surface area contributed by atoms with E-state index < -0.39 is 26.3 Å². The highest BCUT2D eigenvalue weighted by Gasteiger charge is 2.45. The Balaban J connectivity index is 2.60. The monoisotopic (exact) mass is 573 g/mol. The first-order chi connectivity index (χ1) is 17.3. The normalized spacial score (nSPS) is 18.3. The molecular weight excluding hydrogens is 534 g/mol. The van der Waals surface area contributed by atoms with Crippen molar-refractivity contribution in [2.75, 3.05) is 26.6 Å². The van der Waals surface area contributed by atoms with Gasteiger partial charge in [0.25, 0.3) is 8.32 Å². The summed E-state index contributed by atoms with van der Waals surface area (Å²) in [5.41, 5.74) is 0.777. The molecule has 37 heavy (non-hydrogen) atoms. The number of halogens is 1. The summed E-state index contributed by atoms with van der Waals surface area (Å²) in [6, 6.07) is 0.910.